The summed E-state index contributed by atoms with van der Waals surface area (Å²) < 4.78 is 11.7. The summed E-state index contributed by atoms with van der Waals surface area (Å²) in [6, 6.07) is 16.8. The zero-order valence-electron chi connectivity index (χ0n) is 13.9. The summed E-state index contributed by atoms with van der Waals surface area (Å²) in [5, 5.41) is 2.92. The average Bonchev–Trinajstić information content (AvgIpc) is 2.61. The number of ether oxygens (including phenoxy) is 2. The second-order valence-corrected chi connectivity index (χ2v) is 5.97. The van der Waals surface area contributed by atoms with Gasteiger partial charge in [-0.05, 0) is 38.2 Å². The smallest absolute Gasteiger partial charge is 0.241 e. The number of benzene rings is 2. The van der Waals surface area contributed by atoms with Crippen molar-refractivity contribution in [3.05, 3.63) is 54.6 Å². The van der Waals surface area contributed by atoms with Crippen LogP contribution in [0, 0.1) is 0 Å². The molecule has 1 heterocycles. The van der Waals surface area contributed by atoms with Gasteiger partial charge < -0.3 is 14.8 Å². The molecule has 1 amide bonds. The van der Waals surface area contributed by atoms with Gasteiger partial charge in [-0.1, -0.05) is 30.3 Å². The van der Waals surface area contributed by atoms with Crippen molar-refractivity contribution >= 4 is 11.6 Å². The van der Waals surface area contributed by atoms with Crippen LogP contribution in [-0.4, -0.2) is 43.2 Å². The molecule has 0 saturated carbocycles. The first-order valence-corrected chi connectivity index (χ1v) is 8.08. The SMILES string of the molecule is C[C@H](C(=O)Nc1ccccc1)N(C)C[C@@H]1COc2ccccc2O1. The van der Waals surface area contributed by atoms with Crippen molar-refractivity contribution in [2.24, 2.45) is 0 Å². The quantitative estimate of drug-likeness (QED) is 0.918. The highest BCUT2D eigenvalue weighted by Crippen LogP contribution is 2.31. The highest BCUT2D eigenvalue weighted by Gasteiger charge is 2.26. The van der Waals surface area contributed by atoms with E-state index in [-0.39, 0.29) is 18.1 Å². The molecule has 0 aliphatic carbocycles. The first-order valence-electron chi connectivity index (χ1n) is 8.08. The van der Waals surface area contributed by atoms with E-state index in [4.69, 9.17) is 9.47 Å². The number of hydrogen-bond acceptors (Lipinski definition) is 4. The van der Waals surface area contributed by atoms with Gasteiger partial charge >= 0.3 is 0 Å². The van der Waals surface area contributed by atoms with E-state index in [0.717, 1.165) is 17.2 Å². The molecule has 5 heteroatoms. The molecule has 126 valence electrons. The molecular weight excluding hydrogens is 304 g/mol. The van der Waals surface area contributed by atoms with E-state index in [2.05, 4.69) is 5.32 Å². The van der Waals surface area contributed by atoms with Crippen LogP contribution in [0.25, 0.3) is 0 Å². The van der Waals surface area contributed by atoms with Crippen LogP contribution < -0.4 is 14.8 Å². The number of para-hydroxylation sites is 3. The molecule has 0 unspecified atom stereocenters. The Morgan fingerprint density at radius 3 is 2.58 bits per heavy atom. The molecule has 5 nitrogen and oxygen atoms in total. The largest absolute Gasteiger partial charge is 0.486 e. The highest BCUT2D eigenvalue weighted by molar-refractivity contribution is 5.94. The van der Waals surface area contributed by atoms with Gasteiger partial charge in [0.15, 0.2) is 11.5 Å². The molecule has 2 aromatic rings. The second-order valence-electron chi connectivity index (χ2n) is 5.97. The molecule has 3 rings (SSSR count). The van der Waals surface area contributed by atoms with E-state index in [1.165, 1.54) is 0 Å². The van der Waals surface area contributed by atoms with Crippen molar-refractivity contribution in [2.45, 2.75) is 19.1 Å². The number of likely N-dealkylation sites (N-methyl/N-ethyl adjacent to an activating group) is 1. The van der Waals surface area contributed by atoms with Gasteiger partial charge in [-0.25, -0.2) is 0 Å². The monoisotopic (exact) mass is 326 g/mol. The van der Waals surface area contributed by atoms with Crippen molar-refractivity contribution in [3.8, 4) is 11.5 Å². The average molecular weight is 326 g/mol. The Hall–Kier alpha value is -2.53. The molecule has 1 N–H and O–H groups in total. The van der Waals surface area contributed by atoms with E-state index >= 15 is 0 Å². The van der Waals surface area contributed by atoms with E-state index in [1.54, 1.807) is 0 Å². The van der Waals surface area contributed by atoms with E-state index < -0.39 is 0 Å². The number of nitrogens with one attached hydrogen (secondary N) is 1. The third-order valence-corrected chi connectivity index (χ3v) is 4.14. The maximum Gasteiger partial charge on any atom is 0.241 e. The molecule has 0 aromatic heterocycles. The highest BCUT2D eigenvalue weighted by atomic mass is 16.6. The summed E-state index contributed by atoms with van der Waals surface area (Å²) in [7, 11) is 1.92. The van der Waals surface area contributed by atoms with Crippen LogP contribution in [0.1, 0.15) is 6.92 Å². The number of nitrogens with zero attached hydrogens (tertiary/aromatic N) is 1. The summed E-state index contributed by atoms with van der Waals surface area (Å²) in [6.45, 7) is 2.97. The lowest BCUT2D eigenvalue weighted by Gasteiger charge is -2.31. The molecule has 1 aliphatic heterocycles. The van der Waals surface area contributed by atoms with Gasteiger partial charge in [0.05, 0.1) is 6.04 Å². The number of anilines is 1. The maximum atomic E-state index is 12.4. The Morgan fingerprint density at radius 1 is 1.17 bits per heavy atom. The Morgan fingerprint density at radius 2 is 1.83 bits per heavy atom. The normalized spacial score (nSPS) is 17.4. The Balaban J connectivity index is 1.55. The molecule has 24 heavy (non-hydrogen) atoms. The molecule has 0 fully saturated rings. The van der Waals surface area contributed by atoms with Gasteiger partial charge in [0.2, 0.25) is 5.91 Å². The third-order valence-electron chi connectivity index (χ3n) is 4.14. The zero-order chi connectivity index (χ0) is 16.9. The standard InChI is InChI=1S/C19H22N2O3/c1-14(19(22)20-15-8-4-3-5-9-15)21(2)12-16-13-23-17-10-6-7-11-18(17)24-16/h3-11,14,16H,12-13H2,1-2H3,(H,20,22)/t14-,16-/m1/s1. The summed E-state index contributed by atoms with van der Waals surface area (Å²) in [4.78, 5) is 14.3. The van der Waals surface area contributed by atoms with Crippen LogP contribution in [0.3, 0.4) is 0 Å². The molecule has 0 saturated heterocycles. The lowest BCUT2D eigenvalue weighted by atomic mass is 10.2. The number of carbonyl (C=O) groups excluding carboxylic acids is 1. The molecule has 0 spiro atoms. The fraction of sp³-hybridized carbons (Fsp3) is 0.316. The Bertz CT molecular complexity index is 690. The van der Waals surface area contributed by atoms with Gasteiger partial charge in [-0.15, -0.1) is 0 Å². The molecule has 0 radical (unpaired) electrons. The van der Waals surface area contributed by atoms with E-state index in [0.29, 0.717) is 13.2 Å². The number of hydrogen-bond donors (Lipinski definition) is 1. The minimum atomic E-state index is -0.272. The summed E-state index contributed by atoms with van der Waals surface area (Å²) in [5.74, 6) is 1.48. The lowest BCUT2D eigenvalue weighted by Crippen LogP contribution is -2.46. The predicted octanol–water partition coefficient (Wildman–Crippen LogP) is 2.79. The zero-order valence-corrected chi connectivity index (χ0v) is 13.9. The van der Waals surface area contributed by atoms with E-state index in [1.807, 2.05) is 73.5 Å². The van der Waals surface area contributed by atoms with Crippen molar-refractivity contribution in [3.63, 3.8) is 0 Å². The summed E-state index contributed by atoms with van der Waals surface area (Å²) >= 11 is 0. The van der Waals surface area contributed by atoms with Crippen molar-refractivity contribution in [2.75, 3.05) is 25.5 Å². The van der Waals surface area contributed by atoms with Crippen LogP contribution in [-0.2, 0) is 4.79 Å². The third kappa shape index (κ3) is 3.86. The number of rotatable bonds is 5. The van der Waals surface area contributed by atoms with Gasteiger partial charge in [0.25, 0.3) is 0 Å². The van der Waals surface area contributed by atoms with E-state index in [9.17, 15) is 4.79 Å². The number of amides is 1. The molecule has 0 bridgehead atoms. The molecule has 2 aromatic carbocycles. The fourth-order valence-electron chi connectivity index (χ4n) is 2.60. The molecular formula is C19H22N2O3. The minimum absolute atomic E-state index is 0.0409. The maximum absolute atomic E-state index is 12.4. The van der Waals surface area contributed by atoms with Gasteiger partial charge in [-0.3, -0.25) is 9.69 Å². The van der Waals surface area contributed by atoms with Crippen LogP contribution in [0.5, 0.6) is 11.5 Å². The van der Waals surface area contributed by atoms with Gasteiger partial charge in [-0.2, -0.15) is 0 Å². The lowest BCUT2D eigenvalue weighted by molar-refractivity contribution is -0.120. The van der Waals surface area contributed by atoms with Crippen LogP contribution in [0.15, 0.2) is 54.6 Å². The van der Waals surface area contributed by atoms with Gasteiger partial charge in [0.1, 0.15) is 12.7 Å². The second kappa shape index (κ2) is 7.36. The Labute approximate surface area is 142 Å². The molecule has 1 aliphatic rings. The topological polar surface area (TPSA) is 50.8 Å². The van der Waals surface area contributed by atoms with Crippen molar-refractivity contribution < 1.29 is 14.3 Å². The molecule has 2 atom stereocenters. The van der Waals surface area contributed by atoms with Crippen LogP contribution in [0.2, 0.25) is 0 Å². The summed E-state index contributed by atoms with van der Waals surface area (Å²) in [5.41, 5.74) is 0.800. The fourth-order valence-corrected chi connectivity index (χ4v) is 2.60. The van der Waals surface area contributed by atoms with Crippen molar-refractivity contribution in [1.29, 1.82) is 0 Å². The Kier molecular flexibility index (Phi) is 5.01. The number of fused-ring (bicyclic) bond motifs is 1. The van der Waals surface area contributed by atoms with Crippen LogP contribution in [0.4, 0.5) is 5.69 Å². The van der Waals surface area contributed by atoms with Crippen molar-refractivity contribution in [1.82, 2.24) is 4.90 Å². The summed E-state index contributed by atoms with van der Waals surface area (Å²) in [6.07, 6.45) is -0.100. The first kappa shape index (κ1) is 16.3. The van der Waals surface area contributed by atoms with Crippen LogP contribution >= 0.6 is 0 Å². The number of carbonyl (C=O) groups is 1. The van der Waals surface area contributed by atoms with Gasteiger partial charge in [0, 0.05) is 12.2 Å². The first-order chi connectivity index (χ1) is 11.6. The minimum Gasteiger partial charge on any atom is -0.486 e. The predicted molar refractivity (Wildman–Crippen MR) is 93.5 cm³/mol.